The van der Waals surface area contributed by atoms with Crippen molar-refractivity contribution in [1.82, 2.24) is 24.8 Å². The minimum atomic E-state index is -1.15. The van der Waals surface area contributed by atoms with Crippen LogP contribution in [-0.2, 0) is 13.0 Å². The number of aromatic carboxylic acids is 1. The molecule has 146 valence electrons. The third kappa shape index (κ3) is 4.08. The minimum Gasteiger partial charge on any atom is -0.476 e. The van der Waals surface area contributed by atoms with Gasteiger partial charge in [-0.25, -0.2) is 9.48 Å². The minimum absolute atomic E-state index is 0.153. The number of hydrogen-bond acceptors (Lipinski definition) is 5. The zero-order valence-corrected chi connectivity index (χ0v) is 16.0. The number of nitrogens with zero attached hydrogens (tertiary/aromatic N) is 5. The van der Waals surface area contributed by atoms with Crippen molar-refractivity contribution in [1.29, 1.82) is 0 Å². The molecule has 3 aromatic rings. The summed E-state index contributed by atoms with van der Waals surface area (Å²) in [6, 6.07) is 6.94. The maximum Gasteiger partial charge on any atom is 0.358 e. The van der Waals surface area contributed by atoms with E-state index >= 15 is 0 Å². The number of anilines is 1. The molecule has 2 aromatic heterocycles. The summed E-state index contributed by atoms with van der Waals surface area (Å²) < 4.78 is 3.22. The van der Waals surface area contributed by atoms with E-state index in [1.165, 1.54) is 10.9 Å². The molecular formula is C19H22N6O3. The smallest absolute Gasteiger partial charge is 0.358 e. The number of carbonyl (C=O) groups is 2. The molecule has 0 aliphatic heterocycles. The summed E-state index contributed by atoms with van der Waals surface area (Å²) in [5.74, 6) is -0.966. The molecule has 1 amide bonds. The summed E-state index contributed by atoms with van der Waals surface area (Å²) in [4.78, 5) is 23.7. The number of carboxylic acids is 1. The Kier molecular flexibility index (Phi) is 5.53. The molecule has 0 saturated heterocycles. The molecule has 9 nitrogen and oxygen atoms in total. The average molecular weight is 382 g/mol. The summed E-state index contributed by atoms with van der Waals surface area (Å²) in [6.45, 7) is 6.96. The lowest BCUT2D eigenvalue weighted by Gasteiger charge is -2.11. The van der Waals surface area contributed by atoms with Gasteiger partial charge in [-0.05, 0) is 30.5 Å². The van der Waals surface area contributed by atoms with Gasteiger partial charge in [-0.1, -0.05) is 32.1 Å². The first-order valence-corrected chi connectivity index (χ1v) is 9.01. The Hall–Kier alpha value is -3.49. The molecular weight excluding hydrogens is 360 g/mol. The Bertz CT molecular complexity index is 1000. The van der Waals surface area contributed by atoms with E-state index in [9.17, 15) is 9.59 Å². The van der Waals surface area contributed by atoms with Crippen LogP contribution < -0.4 is 5.32 Å². The quantitative estimate of drug-likeness (QED) is 0.649. The SMILES string of the molecule is CCc1c(C(=O)Nc2cccc(-n3cc(C(=O)O)nn3)c2)cnn1CC(C)C. The van der Waals surface area contributed by atoms with Crippen LogP contribution in [0.15, 0.2) is 36.7 Å². The van der Waals surface area contributed by atoms with E-state index in [1.807, 2.05) is 11.6 Å². The Morgan fingerprint density at radius 1 is 1.29 bits per heavy atom. The topological polar surface area (TPSA) is 115 Å². The number of aromatic nitrogens is 5. The van der Waals surface area contributed by atoms with Gasteiger partial charge < -0.3 is 10.4 Å². The second kappa shape index (κ2) is 8.03. The van der Waals surface area contributed by atoms with Gasteiger partial charge in [-0.3, -0.25) is 9.48 Å². The lowest BCUT2D eigenvalue weighted by atomic mass is 10.1. The molecule has 9 heteroatoms. The van der Waals surface area contributed by atoms with Crippen LogP contribution in [0.25, 0.3) is 5.69 Å². The molecule has 2 heterocycles. The fourth-order valence-electron chi connectivity index (χ4n) is 2.89. The van der Waals surface area contributed by atoms with E-state index in [4.69, 9.17) is 5.11 Å². The lowest BCUT2D eigenvalue weighted by Crippen LogP contribution is -2.16. The van der Waals surface area contributed by atoms with Gasteiger partial charge in [-0.2, -0.15) is 5.10 Å². The molecule has 0 saturated carbocycles. The molecule has 1 aromatic carbocycles. The number of amides is 1. The molecule has 0 spiro atoms. The van der Waals surface area contributed by atoms with E-state index in [0.717, 1.165) is 12.2 Å². The van der Waals surface area contributed by atoms with Gasteiger partial charge in [0.15, 0.2) is 5.69 Å². The van der Waals surface area contributed by atoms with Crippen molar-refractivity contribution in [2.45, 2.75) is 33.7 Å². The molecule has 0 unspecified atom stereocenters. The second-order valence-corrected chi connectivity index (χ2v) is 6.79. The van der Waals surface area contributed by atoms with Crippen molar-refractivity contribution in [2.75, 3.05) is 5.32 Å². The third-order valence-electron chi connectivity index (χ3n) is 4.15. The predicted molar refractivity (Wildman–Crippen MR) is 103 cm³/mol. The van der Waals surface area contributed by atoms with E-state index in [1.54, 1.807) is 30.5 Å². The first-order chi connectivity index (χ1) is 13.4. The van der Waals surface area contributed by atoms with Crippen molar-refractivity contribution in [3.8, 4) is 5.69 Å². The first-order valence-electron chi connectivity index (χ1n) is 9.01. The maximum atomic E-state index is 12.8. The van der Waals surface area contributed by atoms with Gasteiger partial charge in [0, 0.05) is 12.2 Å². The second-order valence-electron chi connectivity index (χ2n) is 6.79. The molecule has 0 aliphatic carbocycles. The number of benzene rings is 1. The Morgan fingerprint density at radius 3 is 2.71 bits per heavy atom. The normalized spacial score (nSPS) is 11.0. The van der Waals surface area contributed by atoms with Crippen LogP contribution in [0.1, 0.15) is 47.3 Å². The highest BCUT2D eigenvalue weighted by Crippen LogP contribution is 2.18. The highest BCUT2D eigenvalue weighted by Gasteiger charge is 2.17. The number of carbonyl (C=O) groups excluding carboxylic acids is 1. The Labute approximate surface area is 162 Å². The monoisotopic (exact) mass is 382 g/mol. The highest BCUT2D eigenvalue weighted by molar-refractivity contribution is 6.05. The molecule has 0 radical (unpaired) electrons. The predicted octanol–water partition coefficient (Wildman–Crippen LogP) is 2.63. The van der Waals surface area contributed by atoms with E-state index in [0.29, 0.717) is 29.3 Å². The van der Waals surface area contributed by atoms with Gasteiger partial charge in [0.25, 0.3) is 5.91 Å². The van der Waals surface area contributed by atoms with E-state index < -0.39 is 5.97 Å². The zero-order valence-electron chi connectivity index (χ0n) is 16.0. The molecule has 0 fully saturated rings. The summed E-state index contributed by atoms with van der Waals surface area (Å²) >= 11 is 0. The van der Waals surface area contributed by atoms with Crippen LogP contribution in [0.3, 0.4) is 0 Å². The van der Waals surface area contributed by atoms with Crippen LogP contribution in [0.4, 0.5) is 5.69 Å². The average Bonchev–Trinajstić information content (AvgIpc) is 3.28. The molecule has 0 bridgehead atoms. The summed E-state index contributed by atoms with van der Waals surface area (Å²) in [7, 11) is 0. The van der Waals surface area contributed by atoms with Gasteiger partial charge in [0.2, 0.25) is 0 Å². The summed E-state index contributed by atoms with van der Waals surface area (Å²) in [6.07, 6.45) is 3.61. The largest absolute Gasteiger partial charge is 0.476 e. The molecule has 3 rings (SSSR count). The van der Waals surface area contributed by atoms with Gasteiger partial charge in [0.1, 0.15) is 0 Å². The van der Waals surface area contributed by atoms with Crippen molar-refractivity contribution < 1.29 is 14.7 Å². The van der Waals surface area contributed by atoms with Crippen LogP contribution in [-0.4, -0.2) is 41.8 Å². The lowest BCUT2D eigenvalue weighted by molar-refractivity contribution is 0.0690. The molecule has 28 heavy (non-hydrogen) atoms. The first kappa shape index (κ1) is 19.3. The molecule has 0 aliphatic rings. The number of rotatable bonds is 7. The number of carboxylic acid groups (broad SMARTS) is 1. The van der Waals surface area contributed by atoms with Gasteiger partial charge in [0.05, 0.1) is 29.3 Å². The molecule has 0 atom stereocenters. The van der Waals surface area contributed by atoms with E-state index in [2.05, 4.69) is 34.6 Å². The Balaban J connectivity index is 1.81. The summed E-state index contributed by atoms with van der Waals surface area (Å²) in [5, 5.41) is 23.6. The van der Waals surface area contributed by atoms with Crippen LogP contribution >= 0.6 is 0 Å². The zero-order chi connectivity index (χ0) is 20.3. The van der Waals surface area contributed by atoms with Crippen molar-refractivity contribution in [2.24, 2.45) is 5.92 Å². The fourth-order valence-corrected chi connectivity index (χ4v) is 2.89. The third-order valence-corrected chi connectivity index (χ3v) is 4.15. The number of hydrogen-bond donors (Lipinski definition) is 2. The standard InChI is InChI=1S/C19H22N6O3/c1-4-17-15(9-20-25(17)10-12(2)3)18(26)21-13-6-5-7-14(8-13)24-11-16(19(27)28)22-23-24/h5-9,11-12H,4,10H2,1-3H3,(H,21,26)(H,27,28). The van der Waals surface area contributed by atoms with Gasteiger partial charge >= 0.3 is 5.97 Å². The van der Waals surface area contributed by atoms with E-state index in [-0.39, 0.29) is 11.6 Å². The fraction of sp³-hybridized carbons (Fsp3) is 0.316. The van der Waals surface area contributed by atoms with Crippen molar-refractivity contribution >= 4 is 17.6 Å². The van der Waals surface area contributed by atoms with Crippen LogP contribution in [0, 0.1) is 5.92 Å². The van der Waals surface area contributed by atoms with Gasteiger partial charge in [-0.15, -0.1) is 5.10 Å². The maximum absolute atomic E-state index is 12.8. The highest BCUT2D eigenvalue weighted by atomic mass is 16.4. The van der Waals surface area contributed by atoms with Crippen LogP contribution in [0.5, 0.6) is 0 Å². The Morgan fingerprint density at radius 2 is 2.07 bits per heavy atom. The summed E-state index contributed by atoms with van der Waals surface area (Å²) in [5.41, 5.74) is 2.43. The molecule has 2 N–H and O–H groups in total. The van der Waals surface area contributed by atoms with Crippen molar-refractivity contribution in [3.63, 3.8) is 0 Å². The van der Waals surface area contributed by atoms with Crippen LogP contribution in [0.2, 0.25) is 0 Å². The van der Waals surface area contributed by atoms with Crippen molar-refractivity contribution in [3.05, 3.63) is 53.6 Å². The number of nitrogens with one attached hydrogen (secondary N) is 1.